The molecule has 6 aromatic rings. The summed E-state index contributed by atoms with van der Waals surface area (Å²) in [5.74, 6) is 1.65. The van der Waals surface area contributed by atoms with E-state index in [1.54, 1.807) is 14.2 Å². The highest BCUT2D eigenvalue weighted by Gasteiger charge is 2.23. The molecule has 0 fully saturated rings. The van der Waals surface area contributed by atoms with Gasteiger partial charge in [0.2, 0.25) is 0 Å². The number of hydrogen-bond donors (Lipinski definition) is 0. The van der Waals surface area contributed by atoms with Crippen LogP contribution in [0.5, 0.6) is 11.5 Å². The Kier molecular flexibility index (Phi) is 9.22. The lowest BCUT2D eigenvalue weighted by atomic mass is 9.89. The summed E-state index contributed by atoms with van der Waals surface area (Å²) in [7, 11) is 2.49. The Labute approximate surface area is 266 Å². The van der Waals surface area contributed by atoms with Gasteiger partial charge in [-0.2, -0.15) is 0 Å². The minimum Gasteiger partial charge on any atom is -0.497 e. The third-order valence-electron chi connectivity index (χ3n) is 7.56. The Bertz CT molecular complexity index is 1830. The summed E-state index contributed by atoms with van der Waals surface area (Å²) < 4.78 is 10.9. The van der Waals surface area contributed by atoms with Crippen LogP contribution in [0.4, 0.5) is 0 Å². The summed E-state index contributed by atoms with van der Waals surface area (Å²) in [4.78, 5) is 0. The van der Waals surface area contributed by atoms with Crippen LogP contribution >= 0.6 is 19.5 Å². The van der Waals surface area contributed by atoms with Gasteiger partial charge in [-0.05, 0) is 99.7 Å². The van der Waals surface area contributed by atoms with Crippen molar-refractivity contribution in [3.05, 3.63) is 173 Å². The van der Waals surface area contributed by atoms with Crippen molar-refractivity contribution in [2.75, 3.05) is 14.2 Å². The first-order chi connectivity index (χ1) is 21.6. The largest absolute Gasteiger partial charge is 0.497 e. The molecule has 0 aliphatic rings. The third kappa shape index (κ3) is 6.48. The molecule has 0 unspecified atom stereocenters. The van der Waals surface area contributed by atoms with Crippen LogP contribution in [0, 0.1) is 0 Å². The Balaban J connectivity index is 1.58. The molecule has 2 nitrogen and oxygen atoms in total. The number of rotatable bonds is 9. The number of benzene rings is 6. The van der Waals surface area contributed by atoms with E-state index in [9.17, 15) is 0 Å². The lowest BCUT2D eigenvalue weighted by Gasteiger charge is -2.24. The van der Waals surface area contributed by atoms with E-state index in [1.165, 1.54) is 15.9 Å². The van der Waals surface area contributed by atoms with Crippen LogP contribution in [-0.4, -0.2) is 14.2 Å². The summed E-state index contributed by atoms with van der Waals surface area (Å²) in [6.45, 7) is 0. The first-order valence-electron chi connectivity index (χ1n) is 14.4. The fraction of sp³-hybridized carbons (Fsp3) is 0.0500. The Morgan fingerprint density at radius 1 is 0.568 bits per heavy atom. The van der Waals surface area contributed by atoms with Gasteiger partial charge in [0, 0.05) is 5.02 Å². The predicted octanol–water partition coefficient (Wildman–Crippen LogP) is 9.37. The molecule has 0 atom stereocenters. The molecule has 4 heteroatoms. The molecule has 0 radical (unpaired) electrons. The Hall–Kier alpha value is -4.62. The fourth-order valence-electron chi connectivity index (χ4n) is 5.41. The molecule has 0 N–H and O–H groups in total. The highest BCUT2D eigenvalue weighted by atomic mass is 35.5. The molecule has 0 saturated heterocycles. The second kappa shape index (κ2) is 13.8. The SMILES string of the molecule is COc1ccc(/C=C(\c2ccc(OC)cc2)c2ccccc2-c2ccc(Cl)cc2P(c2ccccc2)c2ccccc2)cc1. The van der Waals surface area contributed by atoms with Gasteiger partial charge in [-0.15, -0.1) is 0 Å². The average Bonchev–Trinajstić information content (AvgIpc) is 3.09. The van der Waals surface area contributed by atoms with E-state index >= 15 is 0 Å². The zero-order valence-corrected chi connectivity index (χ0v) is 26.3. The zero-order valence-electron chi connectivity index (χ0n) is 24.7. The standard InChI is InChI=1S/C40H32ClO2P/c1-42-32-22-17-29(18-23-32)27-39(30-19-24-33(43-2)25-20-30)37-16-10-9-15-36(37)38-26-21-31(41)28-40(38)44(34-11-5-3-6-12-34)35-13-7-4-8-14-35/h3-28H,1-2H3/b39-27+. The van der Waals surface area contributed by atoms with Gasteiger partial charge in [0.1, 0.15) is 11.5 Å². The molecule has 6 rings (SSSR count). The van der Waals surface area contributed by atoms with Crippen molar-refractivity contribution in [3.63, 3.8) is 0 Å². The molecule has 0 aliphatic carbocycles. The van der Waals surface area contributed by atoms with Crippen LogP contribution in [0.1, 0.15) is 16.7 Å². The average molecular weight is 611 g/mol. The van der Waals surface area contributed by atoms with E-state index in [-0.39, 0.29) is 0 Å². The normalized spacial score (nSPS) is 11.4. The number of methoxy groups -OCH3 is 2. The Morgan fingerprint density at radius 2 is 1.11 bits per heavy atom. The van der Waals surface area contributed by atoms with E-state index in [1.807, 2.05) is 30.3 Å². The van der Waals surface area contributed by atoms with Gasteiger partial charge >= 0.3 is 0 Å². The first-order valence-corrected chi connectivity index (χ1v) is 16.2. The summed E-state index contributed by atoms with van der Waals surface area (Å²) in [5, 5.41) is 4.50. The highest BCUT2D eigenvalue weighted by molar-refractivity contribution is 7.80. The third-order valence-corrected chi connectivity index (χ3v) is 10.3. The molecule has 6 aromatic carbocycles. The minimum absolute atomic E-state index is 0.727. The van der Waals surface area contributed by atoms with Gasteiger partial charge < -0.3 is 9.47 Å². The number of ether oxygens (including phenoxy) is 2. The first kappa shape index (κ1) is 29.5. The molecular weight excluding hydrogens is 579 g/mol. The second-order valence-corrected chi connectivity index (χ2v) is 12.9. The van der Waals surface area contributed by atoms with E-state index in [4.69, 9.17) is 21.1 Å². The van der Waals surface area contributed by atoms with Gasteiger partial charge in [0.05, 0.1) is 14.2 Å². The van der Waals surface area contributed by atoms with Crippen molar-refractivity contribution in [2.24, 2.45) is 0 Å². The van der Waals surface area contributed by atoms with Crippen LogP contribution in [0.25, 0.3) is 22.8 Å². The van der Waals surface area contributed by atoms with Gasteiger partial charge in [0.15, 0.2) is 0 Å². The molecular formula is C40H32ClO2P. The van der Waals surface area contributed by atoms with E-state index in [0.717, 1.165) is 49.9 Å². The van der Waals surface area contributed by atoms with Crippen LogP contribution in [-0.2, 0) is 0 Å². The van der Waals surface area contributed by atoms with Crippen molar-refractivity contribution >= 4 is 47.1 Å². The number of halogens is 1. The zero-order chi connectivity index (χ0) is 30.3. The van der Waals surface area contributed by atoms with Crippen molar-refractivity contribution in [1.29, 1.82) is 0 Å². The lowest BCUT2D eigenvalue weighted by molar-refractivity contribution is 0.414. The fourth-order valence-corrected chi connectivity index (χ4v) is 8.15. The van der Waals surface area contributed by atoms with Crippen molar-refractivity contribution in [3.8, 4) is 22.6 Å². The molecule has 0 saturated carbocycles. The lowest BCUT2D eigenvalue weighted by Crippen LogP contribution is -2.22. The van der Waals surface area contributed by atoms with E-state index in [2.05, 4.69) is 127 Å². The molecule has 44 heavy (non-hydrogen) atoms. The number of hydrogen-bond acceptors (Lipinski definition) is 2. The van der Waals surface area contributed by atoms with Gasteiger partial charge in [-0.3, -0.25) is 0 Å². The van der Waals surface area contributed by atoms with E-state index in [0.29, 0.717) is 0 Å². The van der Waals surface area contributed by atoms with E-state index < -0.39 is 7.92 Å². The second-order valence-electron chi connectivity index (χ2n) is 10.3. The molecule has 0 amide bonds. The molecule has 0 heterocycles. The maximum absolute atomic E-state index is 6.76. The maximum atomic E-state index is 6.76. The van der Waals surface area contributed by atoms with Crippen LogP contribution in [0.3, 0.4) is 0 Å². The van der Waals surface area contributed by atoms with Crippen molar-refractivity contribution < 1.29 is 9.47 Å². The molecule has 216 valence electrons. The molecule has 0 aromatic heterocycles. The molecule has 0 spiro atoms. The molecule has 0 aliphatic heterocycles. The van der Waals surface area contributed by atoms with Crippen molar-refractivity contribution in [1.82, 2.24) is 0 Å². The van der Waals surface area contributed by atoms with Gasteiger partial charge in [-0.25, -0.2) is 0 Å². The van der Waals surface area contributed by atoms with Crippen molar-refractivity contribution in [2.45, 2.75) is 0 Å². The molecule has 0 bridgehead atoms. The topological polar surface area (TPSA) is 18.5 Å². The van der Waals surface area contributed by atoms with Crippen LogP contribution in [0.2, 0.25) is 5.02 Å². The summed E-state index contributed by atoms with van der Waals surface area (Å²) in [6, 6.07) is 52.9. The predicted molar refractivity (Wildman–Crippen MR) is 189 cm³/mol. The summed E-state index contributed by atoms with van der Waals surface area (Å²) in [5.41, 5.74) is 6.73. The quantitative estimate of drug-likeness (QED) is 0.120. The van der Waals surface area contributed by atoms with Gasteiger partial charge in [-0.1, -0.05) is 127 Å². The van der Waals surface area contributed by atoms with Gasteiger partial charge in [0.25, 0.3) is 0 Å². The summed E-state index contributed by atoms with van der Waals surface area (Å²) in [6.07, 6.45) is 2.24. The highest BCUT2D eigenvalue weighted by Crippen LogP contribution is 2.41. The minimum atomic E-state index is -0.887. The summed E-state index contributed by atoms with van der Waals surface area (Å²) >= 11 is 6.76. The monoisotopic (exact) mass is 610 g/mol. The Morgan fingerprint density at radius 3 is 1.70 bits per heavy atom. The van der Waals surface area contributed by atoms with Crippen LogP contribution in [0.15, 0.2) is 152 Å². The smallest absolute Gasteiger partial charge is 0.118 e. The maximum Gasteiger partial charge on any atom is 0.118 e. The van der Waals surface area contributed by atoms with Crippen LogP contribution < -0.4 is 25.4 Å².